The molecule has 3 heterocycles. The Hall–Kier alpha value is -3.61. The van der Waals surface area contributed by atoms with Gasteiger partial charge in [-0.25, -0.2) is 4.98 Å². The molecule has 4 rings (SSSR count). The van der Waals surface area contributed by atoms with Crippen molar-refractivity contribution in [1.29, 1.82) is 0 Å². The lowest BCUT2D eigenvalue weighted by molar-refractivity contribution is 0.102. The van der Waals surface area contributed by atoms with Gasteiger partial charge in [-0.15, -0.1) is 0 Å². The van der Waals surface area contributed by atoms with Crippen molar-refractivity contribution < 1.29 is 18.5 Å². The molecule has 29 heavy (non-hydrogen) atoms. The first kappa shape index (κ1) is 18.7. The topological polar surface area (TPSA) is 90.4 Å². The molecule has 1 N–H and O–H groups in total. The molecule has 0 unspecified atom stereocenters. The van der Waals surface area contributed by atoms with Crippen molar-refractivity contribution >= 4 is 22.7 Å². The average molecular weight is 391 g/mol. The third-order valence-electron chi connectivity index (χ3n) is 4.34. The maximum absolute atomic E-state index is 13.2. The van der Waals surface area contributed by atoms with Gasteiger partial charge in [-0.3, -0.25) is 4.79 Å². The third kappa shape index (κ3) is 3.85. The molecule has 1 amide bonds. The lowest BCUT2D eigenvalue weighted by Crippen LogP contribution is -2.15. The second kappa shape index (κ2) is 7.79. The van der Waals surface area contributed by atoms with Crippen LogP contribution in [0.25, 0.3) is 22.6 Å². The molecule has 3 aromatic heterocycles. The van der Waals surface area contributed by atoms with E-state index in [1.807, 2.05) is 18.2 Å². The van der Waals surface area contributed by atoms with Gasteiger partial charge in [0.15, 0.2) is 5.76 Å². The van der Waals surface area contributed by atoms with Gasteiger partial charge in [0.05, 0.1) is 35.2 Å². The molecule has 0 aliphatic carbocycles. The largest absolute Gasteiger partial charge is 0.491 e. The summed E-state index contributed by atoms with van der Waals surface area (Å²) in [6.07, 6.45) is 1.55. The van der Waals surface area contributed by atoms with E-state index >= 15 is 0 Å². The van der Waals surface area contributed by atoms with Gasteiger partial charge < -0.3 is 19.0 Å². The van der Waals surface area contributed by atoms with Gasteiger partial charge in [-0.05, 0) is 43.2 Å². The molecular formula is C22H21N3O4. The van der Waals surface area contributed by atoms with E-state index in [1.165, 1.54) is 0 Å². The summed E-state index contributed by atoms with van der Waals surface area (Å²) < 4.78 is 16.6. The van der Waals surface area contributed by atoms with E-state index in [0.29, 0.717) is 52.1 Å². The molecule has 0 bridgehead atoms. The molecule has 0 aliphatic heterocycles. The van der Waals surface area contributed by atoms with Crippen LogP contribution in [0.3, 0.4) is 0 Å². The number of nitrogens with one attached hydrogen (secondary N) is 1. The van der Waals surface area contributed by atoms with Gasteiger partial charge in [0.2, 0.25) is 0 Å². The van der Waals surface area contributed by atoms with Crippen LogP contribution in [0.4, 0.5) is 5.69 Å². The smallest absolute Gasteiger partial charge is 0.259 e. The van der Waals surface area contributed by atoms with E-state index in [0.717, 1.165) is 0 Å². The lowest BCUT2D eigenvalue weighted by Gasteiger charge is -2.14. The van der Waals surface area contributed by atoms with Gasteiger partial charge >= 0.3 is 0 Å². The molecule has 0 aliphatic rings. The molecule has 0 fully saturated rings. The molecule has 0 saturated heterocycles. The number of para-hydroxylation sites is 2. The highest BCUT2D eigenvalue weighted by atomic mass is 16.5. The van der Waals surface area contributed by atoms with E-state index < -0.39 is 0 Å². The van der Waals surface area contributed by atoms with Crippen molar-refractivity contribution in [1.82, 2.24) is 10.1 Å². The highest BCUT2D eigenvalue weighted by Crippen LogP contribution is 2.30. The second-order valence-corrected chi connectivity index (χ2v) is 7.14. The van der Waals surface area contributed by atoms with Gasteiger partial charge in [0.25, 0.3) is 11.6 Å². The number of anilines is 1. The minimum Gasteiger partial charge on any atom is -0.491 e. The summed E-state index contributed by atoms with van der Waals surface area (Å²) in [6, 6.07) is 12.6. The number of benzene rings is 1. The molecule has 0 saturated carbocycles. The molecule has 1 aromatic carbocycles. The van der Waals surface area contributed by atoms with E-state index in [9.17, 15) is 4.79 Å². The monoisotopic (exact) mass is 391 g/mol. The molecule has 0 spiro atoms. The summed E-state index contributed by atoms with van der Waals surface area (Å²) >= 11 is 0. The van der Waals surface area contributed by atoms with Crippen molar-refractivity contribution in [2.75, 3.05) is 11.9 Å². The van der Waals surface area contributed by atoms with Gasteiger partial charge in [-0.1, -0.05) is 31.1 Å². The zero-order valence-corrected chi connectivity index (χ0v) is 16.4. The van der Waals surface area contributed by atoms with Crippen molar-refractivity contribution in [2.24, 2.45) is 5.92 Å². The first-order valence-corrected chi connectivity index (χ1v) is 9.37. The van der Waals surface area contributed by atoms with Crippen molar-refractivity contribution in [2.45, 2.75) is 20.8 Å². The predicted molar refractivity (Wildman–Crippen MR) is 109 cm³/mol. The van der Waals surface area contributed by atoms with Crippen molar-refractivity contribution in [3.8, 4) is 17.2 Å². The van der Waals surface area contributed by atoms with Crippen LogP contribution < -0.4 is 10.1 Å². The van der Waals surface area contributed by atoms with Crippen LogP contribution in [-0.4, -0.2) is 22.7 Å². The fourth-order valence-electron chi connectivity index (χ4n) is 2.97. The number of rotatable bonds is 6. The predicted octanol–water partition coefficient (Wildman–Crippen LogP) is 5.08. The van der Waals surface area contributed by atoms with Crippen LogP contribution in [0, 0.1) is 12.8 Å². The minimum absolute atomic E-state index is 0.283. The molecule has 0 radical (unpaired) electrons. The van der Waals surface area contributed by atoms with E-state index in [4.69, 9.17) is 13.7 Å². The summed E-state index contributed by atoms with van der Waals surface area (Å²) in [5, 5.41) is 7.47. The van der Waals surface area contributed by atoms with Crippen LogP contribution >= 0.6 is 0 Å². The number of fused-ring (bicyclic) bond motifs is 1. The van der Waals surface area contributed by atoms with Gasteiger partial charge in [-0.2, -0.15) is 0 Å². The Morgan fingerprint density at radius 2 is 2.03 bits per heavy atom. The van der Waals surface area contributed by atoms with E-state index in [1.54, 1.807) is 37.5 Å². The number of amides is 1. The molecule has 7 nitrogen and oxygen atoms in total. The number of furan rings is 1. The summed E-state index contributed by atoms with van der Waals surface area (Å²) in [7, 11) is 0. The number of hydrogen-bond acceptors (Lipinski definition) is 6. The quantitative estimate of drug-likeness (QED) is 0.493. The Balaban J connectivity index is 1.72. The number of pyridine rings is 1. The minimum atomic E-state index is -0.308. The fraction of sp³-hybridized carbons (Fsp3) is 0.227. The molecule has 0 atom stereocenters. The van der Waals surface area contributed by atoms with Gasteiger partial charge in [0.1, 0.15) is 11.4 Å². The molecular weight excluding hydrogens is 370 g/mol. The molecule has 7 heteroatoms. The number of ether oxygens (including phenoxy) is 1. The van der Waals surface area contributed by atoms with Crippen molar-refractivity contribution in [3.05, 3.63) is 60.0 Å². The summed E-state index contributed by atoms with van der Waals surface area (Å²) in [5.74, 6) is 1.22. The first-order valence-electron chi connectivity index (χ1n) is 9.37. The van der Waals surface area contributed by atoms with E-state index in [2.05, 4.69) is 29.3 Å². The highest BCUT2D eigenvalue weighted by Gasteiger charge is 2.21. The van der Waals surface area contributed by atoms with Crippen LogP contribution in [-0.2, 0) is 0 Å². The number of aromatic nitrogens is 2. The Bertz CT molecular complexity index is 1150. The van der Waals surface area contributed by atoms with Gasteiger partial charge in [0, 0.05) is 0 Å². The summed E-state index contributed by atoms with van der Waals surface area (Å²) in [5.41, 5.74) is 2.36. The average Bonchev–Trinajstić information content (AvgIpc) is 3.37. The first-order chi connectivity index (χ1) is 14.0. The maximum atomic E-state index is 13.2. The highest BCUT2D eigenvalue weighted by molar-refractivity contribution is 6.13. The third-order valence-corrected chi connectivity index (χ3v) is 4.34. The fourth-order valence-corrected chi connectivity index (χ4v) is 2.97. The Morgan fingerprint density at radius 1 is 1.21 bits per heavy atom. The number of nitrogens with zero attached hydrogens (tertiary/aromatic N) is 2. The SMILES string of the molecule is Cc1noc2nc(-c3ccco3)cc(C(=O)Nc3ccccc3OCC(C)C)c12. The molecule has 148 valence electrons. The summed E-state index contributed by atoms with van der Waals surface area (Å²) in [4.78, 5) is 17.6. The van der Waals surface area contributed by atoms with E-state index in [-0.39, 0.29) is 11.6 Å². The lowest BCUT2D eigenvalue weighted by atomic mass is 10.1. The Labute approximate surface area is 167 Å². The van der Waals surface area contributed by atoms with Crippen LogP contribution in [0.1, 0.15) is 29.9 Å². The van der Waals surface area contributed by atoms with Crippen LogP contribution in [0.2, 0.25) is 0 Å². The zero-order chi connectivity index (χ0) is 20.4. The zero-order valence-electron chi connectivity index (χ0n) is 16.4. The summed E-state index contributed by atoms with van der Waals surface area (Å²) in [6.45, 7) is 6.47. The Kier molecular flexibility index (Phi) is 5.03. The number of carbonyl (C=O) groups excluding carboxylic acids is 1. The van der Waals surface area contributed by atoms with Crippen LogP contribution in [0.15, 0.2) is 57.7 Å². The Morgan fingerprint density at radius 3 is 2.79 bits per heavy atom. The standard InChI is InChI=1S/C22H21N3O4/c1-13(2)12-28-18-8-5-4-7-16(18)23-21(26)15-11-17(19-9-6-10-27-19)24-22-20(15)14(3)25-29-22/h4-11,13H,12H2,1-3H3,(H,23,26). The number of carbonyl (C=O) groups is 1. The maximum Gasteiger partial charge on any atom is 0.259 e. The van der Waals surface area contributed by atoms with Crippen molar-refractivity contribution in [3.63, 3.8) is 0 Å². The molecule has 4 aromatic rings. The normalized spacial score (nSPS) is 11.2. The number of hydrogen-bond donors (Lipinski definition) is 1. The second-order valence-electron chi connectivity index (χ2n) is 7.14. The number of aryl methyl sites for hydroxylation is 1. The van der Waals surface area contributed by atoms with Crippen LogP contribution in [0.5, 0.6) is 5.75 Å².